The Morgan fingerprint density at radius 2 is 1.64 bits per heavy atom. The molecule has 0 aromatic heterocycles. The van der Waals surface area contributed by atoms with Gasteiger partial charge in [-0.3, -0.25) is 9.59 Å². The highest BCUT2D eigenvalue weighted by Gasteiger charge is 2.18. The molecule has 0 unspecified atom stereocenters. The molecule has 0 bridgehead atoms. The fraction of sp³-hybridized carbons (Fsp3) is 0.391. The van der Waals surface area contributed by atoms with Crippen LogP contribution in [-0.4, -0.2) is 37.4 Å². The van der Waals surface area contributed by atoms with E-state index < -0.39 is 0 Å². The topological polar surface area (TPSA) is 58.6 Å². The second-order valence-electron chi connectivity index (χ2n) is 8.07. The molecule has 0 aliphatic heterocycles. The summed E-state index contributed by atoms with van der Waals surface area (Å²) in [6.45, 7) is 6.29. The van der Waals surface area contributed by atoms with Crippen LogP contribution in [0.4, 0.5) is 5.69 Å². The third-order valence-corrected chi connectivity index (χ3v) is 4.42. The van der Waals surface area contributed by atoms with Crippen molar-refractivity contribution in [1.29, 1.82) is 0 Å². The van der Waals surface area contributed by atoms with Gasteiger partial charge in [0.1, 0.15) is 5.75 Å². The van der Waals surface area contributed by atoms with Crippen LogP contribution in [-0.2, 0) is 21.4 Å². The van der Waals surface area contributed by atoms with Crippen LogP contribution < -0.4 is 10.1 Å². The zero-order chi connectivity index (χ0) is 20.7. The number of nitrogens with zero attached hydrogens (tertiary/aromatic N) is 1. The Hall–Kier alpha value is -2.82. The van der Waals surface area contributed by atoms with Gasteiger partial charge in [0.25, 0.3) is 5.91 Å². The molecule has 0 heterocycles. The minimum absolute atomic E-state index is 0.0494. The van der Waals surface area contributed by atoms with Gasteiger partial charge in [-0.2, -0.15) is 0 Å². The number of amides is 2. The lowest BCUT2D eigenvalue weighted by molar-refractivity contribution is -0.128. The Kier molecular flexibility index (Phi) is 7.21. The molecule has 0 aliphatic carbocycles. The van der Waals surface area contributed by atoms with E-state index in [9.17, 15) is 9.59 Å². The number of ether oxygens (including phenoxy) is 1. The summed E-state index contributed by atoms with van der Waals surface area (Å²) in [5.74, 6) is 0.621. The zero-order valence-corrected chi connectivity index (χ0v) is 17.4. The lowest BCUT2D eigenvalue weighted by Crippen LogP contribution is -2.22. The van der Waals surface area contributed by atoms with Gasteiger partial charge in [0.2, 0.25) is 5.91 Å². The smallest absolute Gasteiger partial charge is 0.262 e. The second kappa shape index (κ2) is 9.40. The van der Waals surface area contributed by atoms with E-state index in [1.165, 1.54) is 0 Å². The number of anilines is 1. The fourth-order valence-electron chi connectivity index (χ4n) is 2.78. The van der Waals surface area contributed by atoms with Crippen molar-refractivity contribution in [3.05, 3.63) is 59.7 Å². The van der Waals surface area contributed by atoms with Gasteiger partial charge in [0, 0.05) is 26.2 Å². The van der Waals surface area contributed by atoms with Gasteiger partial charge in [-0.15, -0.1) is 0 Å². The maximum Gasteiger partial charge on any atom is 0.262 e. The first-order chi connectivity index (χ1) is 13.2. The van der Waals surface area contributed by atoms with Gasteiger partial charge in [0.05, 0.1) is 0 Å². The Labute approximate surface area is 167 Å². The van der Waals surface area contributed by atoms with E-state index in [0.717, 1.165) is 16.9 Å². The third kappa shape index (κ3) is 6.41. The standard InChI is InChI=1S/C23H30N2O3/c1-23(2,3)19-8-6-7-9-20(19)28-16-21(26)24-18-13-10-17(11-14-18)12-15-22(27)25(4)5/h6-11,13-14H,12,15-16H2,1-5H3,(H,24,26). The summed E-state index contributed by atoms with van der Waals surface area (Å²) in [6, 6.07) is 15.3. The lowest BCUT2D eigenvalue weighted by atomic mass is 9.86. The summed E-state index contributed by atoms with van der Waals surface area (Å²) in [6.07, 6.45) is 1.15. The molecule has 0 aliphatic rings. The Balaban J connectivity index is 1.88. The summed E-state index contributed by atoms with van der Waals surface area (Å²) < 4.78 is 5.75. The van der Waals surface area contributed by atoms with Crippen molar-refractivity contribution >= 4 is 17.5 Å². The number of hydrogen-bond donors (Lipinski definition) is 1. The van der Waals surface area contributed by atoms with Crippen LogP contribution in [0, 0.1) is 0 Å². The summed E-state index contributed by atoms with van der Waals surface area (Å²) in [7, 11) is 3.51. The maximum atomic E-state index is 12.2. The molecule has 0 saturated carbocycles. The number of benzene rings is 2. The second-order valence-corrected chi connectivity index (χ2v) is 8.07. The van der Waals surface area contributed by atoms with Gasteiger partial charge < -0.3 is 15.0 Å². The molecule has 2 aromatic rings. The molecule has 2 rings (SSSR count). The molecule has 5 nitrogen and oxygen atoms in total. The van der Waals surface area contributed by atoms with Gasteiger partial charge in [-0.25, -0.2) is 0 Å². The molecule has 0 saturated heterocycles. The van der Waals surface area contributed by atoms with Crippen molar-refractivity contribution in [1.82, 2.24) is 4.90 Å². The van der Waals surface area contributed by atoms with Crippen LogP contribution in [0.5, 0.6) is 5.75 Å². The molecule has 28 heavy (non-hydrogen) atoms. The lowest BCUT2D eigenvalue weighted by Gasteiger charge is -2.22. The predicted molar refractivity (Wildman–Crippen MR) is 113 cm³/mol. The Morgan fingerprint density at radius 1 is 1.00 bits per heavy atom. The summed E-state index contributed by atoms with van der Waals surface area (Å²) in [5.41, 5.74) is 2.78. The van der Waals surface area contributed by atoms with Crippen molar-refractivity contribution < 1.29 is 14.3 Å². The predicted octanol–water partition coefficient (Wildman–Crippen LogP) is 4.02. The molecule has 0 spiro atoms. The molecular weight excluding hydrogens is 352 g/mol. The molecule has 150 valence electrons. The fourth-order valence-corrected chi connectivity index (χ4v) is 2.78. The van der Waals surface area contributed by atoms with Gasteiger partial charge >= 0.3 is 0 Å². The van der Waals surface area contributed by atoms with Crippen LogP contribution in [0.25, 0.3) is 0 Å². The van der Waals surface area contributed by atoms with Gasteiger partial charge in [0.15, 0.2) is 6.61 Å². The minimum Gasteiger partial charge on any atom is -0.483 e. The maximum absolute atomic E-state index is 12.2. The number of rotatable bonds is 7. The average molecular weight is 383 g/mol. The quantitative estimate of drug-likeness (QED) is 0.787. The van der Waals surface area contributed by atoms with E-state index in [1.54, 1.807) is 19.0 Å². The number of nitrogens with one attached hydrogen (secondary N) is 1. The number of carbonyl (C=O) groups is 2. The Morgan fingerprint density at radius 3 is 2.25 bits per heavy atom. The molecule has 2 amide bonds. The van der Waals surface area contributed by atoms with Crippen molar-refractivity contribution in [2.45, 2.75) is 39.0 Å². The van der Waals surface area contributed by atoms with E-state index in [0.29, 0.717) is 18.5 Å². The largest absolute Gasteiger partial charge is 0.483 e. The number of aryl methyl sites for hydroxylation is 1. The molecule has 2 aromatic carbocycles. The van der Waals surface area contributed by atoms with Crippen LogP contribution in [0.15, 0.2) is 48.5 Å². The summed E-state index contributed by atoms with van der Waals surface area (Å²) in [4.78, 5) is 25.5. The van der Waals surface area contributed by atoms with Crippen molar-refractivity contribution in [3.63, 3.8) is 0 Å². The average Bonchev–Trinajstić information content (AvgIpc) is 2.65. The van der Waals surface area contributed by atoms with Crippen LogP contribution in [0.3, 0.4) is 0 Å². The Bertz CT molecular complexity index is 805. The number of carbonyl (C=O) groups excluding carboxylic acids is 2. The molecule has 5 heteroatoms. The number of hydrogen-bond acceptors (Lipinski definition) is 3. The summed E-state index contributed by atoms with van der Waals surface area (Å²) >= 11 is 0. The van der Waals surface area contributed by atoms with Crippen LogP contribution in [0.1, 0.15) is 38.3 Å². The SMILES string of the molecule is CN(C)C(=O)CCc1ccc(NC(=O)COc2ccccc2C(C)(C)C)cc1. The monoisotopic (exact) mass is 382 g/mol. The van der Waals surface area contributed by atoms with Crippen LogP contribution >= 0.6 is 0 Å². The molecule has 0 atom stereocenters. The highest BCUT2D eigenvalue weighted by Crippen LogP contribution is 2.30. The highest BCUT2D eigenvalue weighted by molar-refractivity contribution is 5.91. The first-order valence-corrected chi connectivity index (χ1v) is 9.48. The van der Waals surface area contributed by atoms with Crippen molar-refractivity contribution in [2.24, 2.45) is 0 Å². The van der Waals surface area contributed by atoms with E-state index in [-0.39, 0.29) is 23.8 Å². The zero-order valence-electron chi connectivity index (χ0n) is 17.4. The molecule has 0 radical (unpaired) electrons. The van der Waals surface area contributed by atoms with E-state index in [1.807, 2.05) is 48.5 Å². The van der Waals surface area contributed by atoms with Crippen LogP contribution in [0.2, 0.25) is 0 Å². The van der Waals surface area contributed by atoms with Crippen molar-refractivity contribution in [2.75, 3.05) is 26.0 Å². The first-order valence-electron chi connectivity index (χ1n) is 9.48. The third-order valence-electron chi connectivity index (χ3n) is 4.42. The molecule has 0 fully saturated rings. The van der Waals surface area contributed by atoms with E-state index >= 15 is 0 Å². The number of para-hydroxylation sites is 1. The molecular formula is C23H30N2O3. The van der Waals surface area contributed by atoms with Crippen molar-refractivity contribution in [3.8, 4) is 5.75 Å². The van der Waals surface area contributed by atoms with E-state index in [2.05, 4.69) is 26.1 Å². The highest BCUT2D eigenvalue weighted by atomic mass is 16.5. The first kappa shape index (κ1) is 21.5. The minimum atomic E-state index is -0.209. The normalized spacial score (nSPS) is 11.0. The van der Waals surface area contributed by atoms with Gasteiger partial charge in [-0.05, 0) is 41.2 Å². The van der Waals surface area contributed by atoms with E-state index in [4.69, 9.17) is 4.74 Å². The van der Waals surface area contributed by atoms with Gasteiger partial charge in [-0.1, -0.05) is 51.1 Å². The summed E-state index contributed by atoms with van der Waals surface area (Å²) in [5, 5.41) is 2.84. The molecule has 1 N–H and O–H groups in total.